The van der Waals surface area contributed by atoms with Gasteiger partial charge in [-0.15, -0.1) is 0 Å². The second-order valence-corrected chi connectivity index (χ2v) is 7.44. The van der Waals surface area contributed by atoms with Crippen molar-refractivity contribution in [2.45, 2.75) is 31.7 Å². The highest BCUT2D eigenvalue weighted by Gasteiger charge is 2.25. The largest absolute Gasteiger partial charge is 0.348 e. The van der Waals surface area contributed by atoms with E-state index in [-0.39, 0.29) is 23.8 Å². The molecule has 2 heterocycles. The molecule has 0 radical (unpaired) electrons. The quantitative estimate of drug-likeness (QED) is 0.305. The topological polar surface area (TPSA) is 139 Å². The predicted octanol–water partition coefficient (Wildman–Crippen LogP) is 1.42. The van der Waals surface area contributed by atoms with Crippen LogP contribution in [0.4, 0.5) is 14.5 Å². The molecular weight excluding hydrogens is 426 g/mol. The minimum atomic E-state index is -1.03. The van der Waals surface area contributed by atoms with Gasteiger partial charge in [-0.1, -0.05) is 6.07 Å². The maximum Gasteiger partial charge on any atom is 0.271 e. The number of hydroxylamine groups is 1. The van der Waals surface area contributed by atoms with Gasteiger partial charge in [0.15, 0.2) is 0 Å². The van der Waals surface area contributed by atoms with Crippen LogP contribution in [-0.4, -0.2) is 63.7 Å². The van der Waals surface area contributed by atoms with Crippen molar-refractivity contribution >= 4 is 23.4 Å². The molecule has 1 aliphatic rings. The van der Waals surface area contributed by atoms with Gasteiger partial charge >= 0.3 is 0 Å². The van der Waals surface area contributed by atoms with Gasteiger partial charge in [0.25, 0.3) is 11.8 Å². The zero-order valence-electron chi connectivity index (χ0n) is 17.2. The summed E-state index contributed by atoms with van der Waals surface area (Å²) in [4.78, 5) is 38.2. The minimum absolute atomic E-state index is 0.00903. The lowest BCUT2D eigenvalue weighted by atomic mass is 10.0. The Bertz CT molecular complexity index is 954. The smallest absolute Gasteiger partial charge is 0.271 e. The number of hydrogen-bond acceptors (Lipinski definition) is 6. The molecular formula is C20H24F2N6O4. The van der Waals surface area contributed by atoms with Crippen LogP contribution in [0.2, 0.25) is 0 Å². The number of nitrogens with zero attached hydrogens (tertiary/aromatic N) is 2. The van der Waals surface area contributed by atoms with Crippen LogP contribution in [0.25, 0.3) is 0 Å². The molecule has 5 N–H and O–H groups in total. The lowest BCUT2D eigenvalue weighted by Gasteiger charge is -2.32. The predicted molar refractivity (Wildman–Crippen MR) is 109 cm³/mol. The van der Waals surface area contributed by atoms with Gasteiger partial charge in [-0.05, 0) is 37.9 Å². The van der Waals surface area contributed by atoms with Gasteiger partial charge in [0.1, 0.15) is 22.9 Å². The molecule has 0 aliphatic carbocycles. The Hall–Kier alpha value is -3.38. The summed E-state index contributed by atoms with van der Waals surface area (Å²) in [5, 5.41) is 19.9. The number of amides is 3. The van der Waals surface area contributed by atoms with Gasteiger partial charge < -0.3 is 15.5 Å². The zero-order chi connectivity index (χ0) is 23.1. The summed E-state index contributed by atoms with van der Waals surface area (Å²) in [6, 6.07) is 2.98. The van der Waals surface area contributed by atoms with Gasteiger partial charge in [0.2, 0.25) is 5.91 Å². The van der Waals surface area contributed by atoms with Crippen LogP contribution in [0.1, 0.15) is 46.5 Å². The summed E-state index contributed by atoms with van der Waals surface area (Å²) < 4.78 is 27.7. The number of hydrogen-bond donors (Lipinski definition) is 5. The van der Waals surface area contributed by atoms with Gasteiger partial charge in [-0.3, -0.25) is 24.7 Å². The van der Waals surface area contributed by atoms with E-state index in [1.807, 2.05) is 0 Å². The van der Waals surface area contributed by atoms with Crippen molar-refractivity contribution in [1.82, 2.24) is 25.9 Å². The number of H-pyrrole nitrogens is 1. The first-order valence-corrected chi connectivity index (χ1v) is 10.1. The molecule has 172 valence electrons. The van der Waals surface area contributed by atoms with Crippen molar-refractivity contribution in [3.63, 3.8) is 0 Å². The standard InChI is InChI=1S/C20H24F2N6O4/c21-13-3-1-4-14(22)17(13)19(30)25-15-11-23-26-18(15)20(31)24-12-6-9-28(10-7-12)8-2-5-16(29)27-32/h1,3-4,11-12,32H,2,5-10H2,(H,23,26)(H,24,31)(H,25,30)(H,27,29). The fourth-order valence-electron chi connectivity index (χ4n) is 3.53. The molecule has 1 aromatic heterocycles. The van der Waals surface area contributed by atoms with Crippen molar-refractivity contribution in [2.24, 2.45) is 0 Å². The molecule has 1 aromatic carbocycles. The van der Waals surface area contributed by atoms with E-state index < -0.39 is 34.9 Å². The molecule has 3 rings (SSSR count). The minimum Gasteiger partial charge on any atom is -0.348 e. The molecule has 1 saturated heterocycles. The summed E-state index contributed by atoms with van der Waals surface area (Å²) in [7, 11) is 0. The molecule has 0 atom stereocenters. The highest BCUT2D eigenvalue weighted by molar-refractivity contribution is 6.08. The molecule has 0 spiro atoms. The van der Waals surface area contributed by atoms with Crippen LogP contribution in [0.5, 0.6) is 0 Å². The van der Waals surface area contributed by atoms with E-state index in [9.17, 15) is 23.2 Å². The first kappa shape index (κ1) is 23.3. The van der Waals surface area contributed by atoms with Crippen molar-refractivity contribution in [2.75, 3.05) is 25.0 Å². The molecule has 10 nitrogen and oxygen atoms in total. The number of likely N-dealkylation sites (tertiary alicyclic amines) is 1. The van der Waals surface area contributed by atoms with Gasteiger partial charge in [0, 0.05) is 25.6 Å². The Morgan fingerprint density at radius 2 is 1.84 bits per heavy atom. The van der Waals surface area contributed by atoms with E-state index in [1.165, 1.54) is 6.20 Å². The number of anilines is 1. The third kappa shape index (κ3) is 5.86. The molecule has 0 unspecified atom stereocenters. The molecule has 1 fully saturated rings. The summed E-state index contributed by atoms with van der Waals surface area (Å²) in [5.74, 6) is -3.97. The van der Waals surface area contributed by atoms with Crippen LogP contribution in [0.3, 0.4) is 0 Å². The van der Waals surface area contributed by atoms with E-state index >= 15 is 0 Å². The summed E-state index contributed by atoms with van der Waals surface area (Å²) in [6.07, 6.45) is 3.42. The van der Waals surface area contributed by atoms with E-state index in [4.69, 9.17) is 5.21 Å². The maximum absolute atomic E-state index is 13.8. The van der Waals surface area contributed by atoms with E-state index in [2.05, 4.69) is 25.7 Å². The number of nitrogens with one attached hydrogen (secondary N) is 4. The second kappa shape index (κ2) is 10.8. The molecule has 3 amide bonds. The lowest BCUT2D eigenvalue weighted by Crippen LogP contribution is -2.45. The van der Waals surface area contributed by atoms with Crippen LogP contribution >= 0.6 is 0 Å². The fourth-order valence-corrected chi connectivity index (χ4v) is 3.53. The number of halogens is 2. The van der Waals surface area contributed by atoms with Gasteiger partial charge in [-0.25, -0.2) is 14.3 Å². The molecule has 1 aliphatic heterocycles. The van der Waals surface area contributed by atoms with E-state index in [0.717, 1.165) is 31.3 Å². The molecule has 2 aromatic rings. The SMILES string of the molecule is O=C(CCCN1CCC(NC(=O)c2[nH]ncc2NC(=O)c2c(F)cccc2F)CC1)NO. The van der Waals surface area contributed by atoms with Crippen molar-refractivity contribution in [3.8, 4) is 0 Å². The first-order valence-electron chi connectivity index (χ1n) is 10.1. The van der Waals surface area contributed by atoms with Gasteiger partial charge in [0.05, 0.1) is 11.9 Å². The Kier molecular flexibility index (Phi) is 7.84. The molecule has 32 heavy (non-hydrogen) atoms. The number of rotatable bonds is 8. The monoisotopic (exact) mass is 450 g/mol. The van der Waals surface area contributed by atoms with E-state index in [0.29, 0.717) is 25.8 Å². The Morgan fingerprint density at radius 1 is 1.16 bits per heavy atom. The average Bonchev–Trinajstić information content (AvgIpc) is 3.23. The summed E-state index contributed by atoms with van der Waals surface area (Å²) >= 11 is 0. The van der Waals surface area contributed by atoms with Crippen LogP contribution in [-0.2, 0) is 4.79 Å². The van der Waals surface area contributed by atoms with Crippen molar-refractivity contribution < 1.29 is 28.4 Å². The normalized spacial score (nSPS) is 14.7. The molecule has 12 heteroatoms. The molecule has 0 bridgehead atoms. The zero-order valence-corrected chi connectivity index (χ0v) is 17.2. The number of aromatic nitrogens is 2. The summed E-state index contributed by atoms with van der Waals surface area (Å²) in [5.41, 5.74) is 0.841. The highest BCUT2D eigenvalue weighted by Crippen LogP contribution is 2.18. The number of aromatic amines is 1. The second-order valence-electron chi connectivity index (χ2n) is 7.44. The first-order chi connectivity index (χ1) is 15.4. The number of carbonyl (C=O) groups is 3. The number of carbonyl (C=O) groups excluding carboxylic acids is 3. The van der Waals surface area contributed by atoms with Crippen molar-refractivity contribution in [3.05, 3.63) is 47.3 Å². The van der Waals surface area contributed by atoms with E-state index in [1.54, 1.807) is 5.48 Å². The maximum atomic E-state index is 13.8. The Balaban J connectivity index is 1.52. The number of benzene rings is 1. The third-order valence-corrected chi connectivity index (χ3v) is 5.23. The fraction of sp³-hybridized carbons (Fsp3) is 0.400. The Morgan fingerprint density at radius 3 is 2.50 bits per heavy atom. The average molecular weight is 450 g/mol. The van der Waals surface area contributed by atoms with Gasteiger partial charge in [-0.2, -0.15) is 5.10 Å². The Labute approximate surface area is 182 Å². The van der Waals surface area contributed by atoms with Crippen molar-refractivity contribution in [1.29, 1.82) is 0 Å². The highest BCUT2D eigenvalue weighted by atomic mass is 19.1. The summed E-state index contributed by atoms with van der Waals surface area (Å²) in [6.45, 7) is 2.16. The molecule has 0 saturated carbocycles. The lowest BCUT2D eigenvalue weighted by molar-refractivity contribution is -0.129. The third-order valence-electron chi connectivity index (χ3n) is 5.23. The van der Waals surface area contributed by atoms with Crippen LogP contribution in [0.15, 0.2) is 24.4 Å². The number of piperidine rings is 1. The van der Waals surface area contributed by atoms with Crippen LogP contribution < -0.4 is 16.1 Å². The van der Waals surface area contributed by atoms with Crippen LogP contribution in [0, 0.1) is 11.6 Å².